The van der Waals surface area contributed by atoms with E-state index in [4.69, 9.17) is 4.42 Å². The first kappa shape index (κ1) is 15.2. The van der Waals surface area contributed by atoms with Crippen molar-refractivity contribution in [1.82, 2.24) is 14.3 Å². The molecular formula is C15H19N3O3S. The number of aromatic nitrogens is 2. The Morgan fingerprint density at radius 1 is 1.27 bits per heavy atom. The van der Waals surface area contributed by atoms with E-state index in [0.717, 1.165) is 22.5 Å². The molecule has 0 fully saturated rings. The van der Waals surface area contributed by atoms with Crippen LogP contribution in [0.1, 0.15) is 24.6 Å². The molecule has 6 nitrogen and oxygen atoms in total. The van der Waals surface area contributed by atoms with Crippen LogP contribution in [0, 0.1) is 0 Å². The van der Waals surface area contributed by atoms with Crippen LogP contribution in [0.3, 0.4) is 0 Å². The number of rotatable bonds is 4. The Balaban J connectivity index is 1.91. The molecule has 0 aliphatic carbocycles. The fourth-order valence-electron chi connectivity index (χ4n) is 2.82. The second-order valence-electron chi connectivity index (χ2n) is 5.37. The molecular weight excluding hydrogens is 302 g/mol. The van der Waals surface area contributed by atoms with Crippen molar-refractivity contribution in [2.75, 3.05) is 18.8 Å². The summed E-state index contributed by atoms with van der Waals surface area (Å²) in [7, 11) is -3.17. The molecule has 0 N–H and O–H groups in total. The molecule has 0 spiro atoms. The van der Waals surface area contributed by atoms with Gasteiger partial charge >= 0.3 is 0 Å². The van der Waals surface area contributed by atoms with Crippen LogP contribution in [0.4, 0.5) is 0 Å². The van der Waals surface area contributed by atoms with Crippen LogP contribution in [-0.2, 0) is 22.9 Å². The summed E-state index contributed by atoms with van der Waals surface area (Å²) in [5.74, 6) is 0.198. The van der Waals surface area contributed by atoms with Gasteiger partial charge < -0.3 is 4.42 Å². The number of hydrogen-bond acceptors (Lipinski definition) is 5. The predicted octanol–water partition coefficient (Wildman–Crippen LogP) is 1.88. The number of sulfonamides is 1. The summed E-state index contributed by atoms with van der Waals surface area (Å²) >= 11 is 0. The minimum atomic E-state index is -3.17. The molecule has 3 heterocycles. The van der Waals surface area contributed by atoms with E-state index in [1.807, 2.05) is 13.0 Å². The second-order valence-corrected chi connectivity index (χ2v) is 7.46. The van der Waals surface area contributed by atoms with Crippen LogP contribution in [0.2, 0.25) is 0 Å². The molecule has 7 heteroatoms. The first-order chi connectivity index (χ1) is 10.6. The number of hydrogen-bond donors (Lipinski definition) is 0. The molecule has 2 aromatic heterocycles. The van der Waals surface area contributed by atoms with Crippen LogP contribution in [0.25, 0.3) is 11.3 Å². The predicted molar refractivity (Wildman–Crippen MR) is 82.8 cm³/mol. The molecule has 0 radical (unpaired) electrons. The summed E-state index contributed by atoms with van der Waals surface area (Å²) in [6, 6.07) is 1.86. The Kier molecular flexibility index (Phi) is 4.26. The fraction of sp³-hybridized carbons (Fsp3) is 0.467. The van der Waals surface area contributed by atoms with Gasteiger partial charge in [0.1, 0.15) is 6.33 Å². The number of fused-ring (bicyclic) bond motifs is 1. The van der Waals surface area contributed by atoms with Gasteiger partial charge in [-0.1, -0.05) is 6.92 Å². The lowest BCUT2D eigenvalue weighted by Gasteiger charge is -2.19. The molecule has 0 saturated heterocycles. The normalized spacial score (nSPS) is 16.2. The molecule has 0 unspecified atom stereocenters. The molecule has 0 bridgehead atoms. The lowest BCUT2D eigenvalue weighted by atomic mass is 10.0. The molecule has 0 amide bonds. The second kappa shape index (κ2) is 6.18. The minimum Gasteiger partial charge on any atom is -0.472 e. The first-order valence-electron chi connectivity index (χ1n) is 7.45. The zero-order chi connectivity index (χ0) is 15.6. The van der Waals surface area contributed by atoms with Crippen molar-refractivity contribution in [2.45, 2.75) is 26.2 Å². The largest absolute Gasteiger partial charge is 0.472 e. The number of furan rings is 1. The van der Waals surface area contributed by atoms with Crippen molar-refractivity contribution >= 4 is 10.0 Å². The van der Waals surface area contributed by atoms with Gasteiger partial charge in [0.25, 0.3) is 0 Å². The zero-order valence-electron chi connectivity index (χ0n) is 12.5. The van der Waals surface area contributed by atoms with E-state index in [1.165, 1.54) is 6.33 Å². The Labute approximate surface area is 130 Å². The van der Waals surface area contributed by atoms with Crippen molar-refractivity contribution in [3.05, 3.63) is 36.2 Å². The van der Waals surface area contributed by atoms with Crippen molar-refractivity contribution in [3.63, 3.8) is 0 Å². The highest BCUT2D eigenvalue weighted by Crippen LogP contribution is 2.26. The topological polar surface area (TPSA) is 76.3 Å². The summed E-state index contributed by atoms with van der Waals surface area (Å²) in [6.07, 6.45) is 6.67. The van der Waals surface area contributed by atoms with Crippen LogP contribution in [-0.4, -0.2) is 41.5 Å². The highest BCUT2D eigenvalue weighted by molar-refractivity contribution is 7.89. The Morgan fingerprint density at radius 2 is 2.09 bits per heavy atom. The Bertz CT molecular complexity index is 741. The Morgan fingerprint density at radius 3 is 2.82 bits per heavy atom. The van der Waals surface area contributed by atoms with Crippen LogP contribution < -0.4 is 0 Å². The van der Waals surface area contributed by atoms with E-state index in [2.05, 4.69) is 9.97 Å². The van der Waals surface area contributed by atoms with Crippen molar-refractivity contribution in [1.29, 1.82) is 0 Å². The summed E-state index contributed by atoms with van der Waals surface area (Å²) in [5.41, 5.74) is 3.70. The van der Waals surface area contributed by atoms with Gasteiger partial charge in [0, 0.05) is 36.3 Å². The van der Waals surface area contributed by atoms with Gasteiger partial charge in [0.05, 0.1) is 24.0 Å². The summed E-state index contributed by atoms with van der Waals surface area (Å²) in [4.78, 5) is 8.71. The quantitative estimate of drug-likeness (QED) is 0.859. The van der Waals surface area contributed by atoms with Gasteiger partial charge in [0.2, 0.25) is 10.0 Å². The van der Waals surface area contributed by atoms with Gasteiger partial charge in [0.15, 0.2) is 0 Å². The minimum absolute atomic E-state index is 0.198. The zero-order valence-corrected chi connectivity index (χ0v) is 13.3. The molecule has 1 aliphatic rings. The van der Waals surface area contributed by atoms with E-state index < -0.39 is 10.0 Å². The molecule has 0 saturated carbocycles. The number of nitrogens with zero attached hydrogens (tertiary/aromatic N) is 3. The van der Waals surface area contributed by atoms with Gasteiger partial charge in [-0.3, -0.25) is 0 Å². The van der Waals surface area contributed by atoms with E-state index in [1.54, 1.807) is 16.8 Å². The van der Waals surface area contributed by atoms with Crippen molar-refractivity contribution in [2.24, 2.45) is 0 Å². The highest BCUT2D eigenvalue weighted by atomic mass is 32.2. The molecule has 3 rings (SSSR count). The summed E-state index contributed by atoms with van der Waals surface area (Å²) in [6.45, 7) is 2.84. The van der Waals surface area contributed by atoms with Gasteiger partial charge in [-0.15, -0.1) is 0 Å². The van der Waals surface area contributed by atoms with Crippen LogP contribution in [0.15, 0.2) is 29.3 Å². The average molecular weight is 321 g/mol. The van der Waals surface area contributed by atoms with Gasteiger partial charge in [-0.05, 0) is 18.9 Å². The molecule has 0 atom stereocenters. The fourth-order valence-corrected chi connectivity index (χ4v) is 4.33. The SMILES string of the molecule is CCCS(=O)(=O)N1CCc2ncnc(-c3ccoc3)c2CC1. The maximum absolute atomic E-state index is 12.3. The molecule has 1 aliphatic heterocycles. The van der Waals surface area contributed by atoms with Gasteiger partial charge in [-0.2, -0.15) is 0 Å². The molecule has 0 aromatic carbocycles. The smallest absolute Gasteiger partial charge is 0.214 e. The molecule has 2 aromatic rings. The third-order valence-corrected chi connectivity index (χ3v) is 5.97. The lowest BCUT2D eigenvalue weighted by Crippen LogP contribution is -2.35. The third-order valence-electron chi connectivity index (χ3n) is 3.89. The maximum atomic E-state index is 12.3. The monoisotopic (exact) mass is 321 g/mol. The molecule has 22 heavy (non-hydrogen) atoms. The van der Waals surface area contributed by atoms with Crippen LogP contribution >= 0.6 is 0 Å². The summed E-state index contributed by atoms with van der Waals surface area (Å²) < 4.78 is 31.3. The highest BCUT2D eigenvalue weighted by Gasteiger charge is 2.26. The lowest BCUT2D eigenvalue weighted by molar-refractivity contribution is 0.425. The van der Waals surface area contributed by atoms with E-state index in [9.17, 15) is 8.42 Å². The maximum Gasteiger partial charge on any atom is 0.214 e. The van der Waals surface area contributed by atoms with E-state index in [-0.39, 0.29) is 5.75 Å². The van der Waals surface area contributed by atoms with E-state index in [0.29, 0.717) is 32.4 Å². The Hall–Kier alpha value is -1.73. The summed E-state index contributed by atoms with van der Waals surface area (Å²) in [5, 5.41) is 0. The van der Waals surface area contributed by atoms with Crippen molar-refractivity contribution in [3.8, 4) is 11.3 Å². The van der Waals surface area contributed by atoms with Crippen LogP contribution in [0.5, 0.6) is 0 Å². The average Bonchev–Trinajstić information content (AvgIpc) is 2.92. The first-order valence-corrected chi connectivity index (χ1v) is 9.06. The van der Waals surface area contributed by atoms with Crippen molar-refractivity contribution < 1.29 is 12.8 Å². The standard InChI is InChI=1S/C15H19N3O3S/c1-2-9-22(19,20)18-6-3-13-14(4-7-18)16-11-17-15(13)12-5-8-21-10-12/h5,8,10-11H,2-4,6-7,9H2,1H3. The molecule has 118 valence electrons. The van der Waals surface area contributed by atoms with E-state index >= 15 is 0 Å². The third kappa shape index (κ3) is 2.91. The van der Waals surface area contributed by atoms with Gasteiger partial charge in [-0.25, -0.2) is 22.7 Å².